The van der Waals surface area contributed by atoms with E-state index < -0.39 is 11.9 Å². The zero-order valence-corrected chi connectivity index (χ0v) is 17.4. The third-order valence-corrected chi connectivity index (χ3v) is 5.61. The van der Waals surface area contributed by atoms with E-state index in [9.17, 15) is 9.59 Å². The summed E-state index contributed by atoms with van der Waals surface area (Å²) >= 11 is 0. The lowest BCUT2D eigenvalue weighted by Gasteiger charge is -2.23. The van der Waals surface area contributed by atoms with E-state index in [1.807, 2.05) is 13.0 Å². The van der Waals surface area contributed by atoms with E-state index in [1.165, 1.54) is 4.90 Å². The van der Waals surface area contributed by atoms with Gasteiger partial charge in [-0.2, -0.15) is 5.26 Å². The highest BCUT2D eigenvalue weighted by atomic mass is 16.5. The summed E-state index contributed by atoms with van der Waals surface area (Å²) in [5.74, 6) is -0.196. The summed E-state index contributed by atoms with van der Waals surface area (Å²) in [6, 6.07) is 5.98. The number of benzene rings is 1. The lowest BCUT2D eigenvalue weighted by Crippen LogP contribution is -2.49. The molecule has 1 aromatic heterocycles. The van der Waals surface area contributed by atoms with Crippen LogP contribution in [0.5, 0.6) is 5.75 Å². The number of carbonyl (C=O) groups excluding carboxylic acids is 2. The van der Waals surface area contributed by atoms with Gasteiger partial charge >= 0.3 is 0 Å². The van der Waals surface area contributed by atoms with Gasteiger partial charge in [-0.3, -0.25) is 9.59 Å². The van der Waals surface area contributed by atoms with Crippen LogP contribution in [0, 0.1) is 18.3 Å². The van der Waals surface area contributed by atoms with Crippen LogP contribution < -0.4 is 15.0 Å². The number of ether oxygens (including phenoxy) is 2. The third kappa shape index (κ3) is 4.20. The molecule has 0 bridgehead atoms. The smallest absolute Gasteiger partial charge is 0.289 e. The second-order valence-corrected chi connectivity index (χ2v) is 7.68. The molecule has 1 N–H and O–H groups in total. The van der Waals surface area contributed by atoms with Crippen molar-refractivity contribution >= 4 is 17.5 Å². The fourth-order valence-electron chi connectivity index (χ4n) is 3.85. The van der Waals surface area contributed by atoms with Gasteiger partial charge in [0.1, 0.15) is 18.4 Å². The van der Waals surface area contributed by atoms with Crippen LogP contribution in [0.1, 0.15) is 46.2 Å². The normalized spacial score (nSPS) is 19.1. The second-order valence-electron chi connectivity index (χ2n) is 7.68. The Kier molecular flexibility index (Phi) is 5.82. The van der Waals surface area contributed by atoms with Gasteiger partial charge in [-0.15, -0.1) is 0 Å². The number of rotatable bonds is 3. The Bertz CT molecular complexity index is 1060. The molecular formula is C22H23N5O4. The van der Waals surface area contributed by atoms with Gasteiger partial charge in [-0.05, 0) is 37.5 Å². The Morgan fingerprint density at radius 2 is 2.10 bits per heavy atom. The van der Waals surface area contributed by atoms with Crippen LogP contribution in [0.4, 0.5) is 5.69 Å². The van der Waals surface area contributed by atoms with Crippen LogP contribution in [-0.4, -0.2) is 54.7 Å². The Labute approximate surface area is 180 Å². The number of hydrogen-bond donors (Lipinski definition) is 1. The maximum atomic E-state index is 12.9. The summed E-state index contributed by atoms with van der Waals surface area (Å²) in [5, 5.41) is 11.8. The van der Waals surface area contributed by atoms with Gasteiger partial charge in [0.05, 0.1) is 23.0 Å². The first kappa shape index (κ1) is 20.8. The summed E-state index contributed by atoms with van der Waals surface area (Å²) in [6.45, 7) is 3.21. The van der Waals surface area contributed by atoms with Gasteiger partial charge in [0.15, 0.2) is 0 Å². The molecule has 2 aliphatic rings. The molecule has 3 heterocycles. The highest BCUT2D eigenvalue weighted by Gasteiger charge is 2.32. The maximum Gasteiger partial charge on any atom is 0.289 e. The van der Waals surface area contributed by atoms with E-state index in [1.54, 1.807) is 31.4 Å². The number of amides is 2. The summed E-state index contributed by atoms with van der Waals surface area (Å²) in [6.07, 6.45) is 3.34. The molecule has 2 aromatic rings. The molecule has 1 fully saturated rings. The summed E-state index contributed by atoms with van der Waals surface area (Å²) in [4.78, 5) is 35.9. The number of anilines is 1. The Hall–Kier alpha value is -3.51. The minimum Gasteiger partial charge on any atom is -0.489 e. The van der Waals surface area contributed by atoms with Gasteiger partial charge in [-0.1, -0.05) is 0 Å². The predicted octanol–water partition coefficient (Wildman–Crippen LogP) is 1.70. The second kappa shape index (κ2) is 8.70. The van der Waals surface area contributed by atoms with Crippen molar-refractivity contribution in [3.63, 3.8) is 0 Å². The minimum atomic E-state index is -0.910. The summed E-state index contributed by atoms with van der Waals surface area (Å²) < 4.78 is 11.2. The van der Waals surface area contributed by atoms with E-state index in [0.717, 1.165) is 24.1 Å². The van der Waals surface area contributed by atoms with E-state index in [0.29, 0.717) is 30.2 Å². The zero-order chi connectivity index (χ0) is 22.0. The first-order chi connectivity index (χ1) is 15.0. The first-order valence-corrected chi connectivity index (χ1v) is 10.1. The average molecular weight is 421 g/mol. The molecular weight excluding hydrogens is 398 g/mol. The molecule has 4 rings (SSSR count). The van der Waals surface area contributed by atoms with Crippen molar-refractivity contribution in [2.24, 2.45) is 0 Å². The number of nitriles is 1. The van der Waals surface area contributed by atoms with Gasteiger partial charge < -0.3 is 19.7 Å². The molecule has 1 saturated heterocycles. The molecule has 1 atom stereocenters. The number of nitrogens with one attached hydrogen (secondary N) is 1. The van der Waals surface area contributed by atoms with Gasteiger partial charge in [0.2, 0.25) is 5.82 Å². The predicted molar refractivity (Wildman–Crippen MR) is 111 cm³/mol. The number of fused-ring (bicyclic) bond motifs is 1. The standard InChI is InChI=1S/C22H23N5O4/c1-13-11-24-20(26-19(13)15-5-7-30-8-6-15)21(28)25-16-12-31-18-9-14(10-23)3-4-17(18)27(2)22(16)29/h3-4,9,11,15-16H,5-8,12H2,1-2H3,(H,25,28)/t16-/m0/s1. The fraction of sp³-hybridized carbons (Fsp3) is 0.409. The van der Waals surface area contributed by atoms with E-state index >= 15 is 0 Å². The quantitative estimate of drug-likeness (QED) is 0.801. The molecule has 160 valence electrons. The van der Waals surface area contributed by atoms with Gasteiger partial charge in [-0.25, -0.2) is 9.97 Å². The monoisotopic (exact) mass is 421 g/mol. The molecule has 9 heteroatoms. The maximum absolute atomic E-state index is 12.9. The molecule has 1 aromatic carbocycles. The Morgan fingerprint density at radius 1 is 1.32 bits per heavy atom. The largest absolute Gasteiger partial charge is 0.489 e. The van der Waals surface area contributed by atoms with Crippen LogP contribution in [-0.2, 0) is 9.53 Å². The molecule has 2 amide bonds. The van der Waals surface area contributed by atoms with Crippen LogP contribution in [0.3, 0.4) is 0 Å². The van der Waals surface area contributed by atoms with Crippen molar-refractivity contribution < 1.29 is 19.1 Å². The van der Waals surface area contributed by atoms with Gasteiger partial charge in [0.25, 0.3) is 11.8 Å². The van der Waals surface area contributed by atoms with Crippen molar-refractivity contribution in [3.05, 3.63) is 47.0 Å². The fourth-order valence-corrected chi connectivity index (χ4v) is 3.85. The summed E-state index contributed by atoms with van der Waals surface area (Å²) in [7, 11) is 1.60. The van der Waals surface area contributed by atoms with Crippen LogP contribution in [0.25, 0.3) is 0 Å². The number of aromatic nitrogens is 2. The number of aryl methyl sites for hydroxylation is 1. The van der Waals surface area contributed by atoms with Crippen LogP contribution in [0.2, 0.25) is 0 Å². The topological polar surface area (TPSA) is 117 Å². The first-order valence-electron chi connectivity index (χ1n) is 10.1. The molecule has 2 aliphatic heterocycles. The number of likely N-dealkylation sites (N-methyl/N-ethyl adjacent to an activating group) is 1. The number of hydrogen-bond acceptors (Lipinski definition) is 7. The molecule has 0 radical (unpaired) electrons. The lowest BCUT2D eigenvalue weighted by atomic mass is 9.94. The highest BCUT2D eigenvalue weighted by Crippen LogP contribution is 2.31. The van der Waals surface area contributed by atoms with Crippen LogP contribution in [0.15, 0.2) is 24.4 Å². The van der Waals surface area contributed by atoms with Crippen molar-refractivity contribution in [2.75, 3.05) is 31.8 Å². The summed E-state index contributed by atoms with van der Waals surface area (Å²) in [5.41, 5.74) is 2.74. The van der Waals surface area contributed by atoms with Crippen molar-refractivity contribution in [3.8, 4) is 11.8 Å². The molecule has 0 aliphatic carbocycles. The van der Waals surface area contributed by atoms with Crippen molar-refractivity contribution in [2.45, 2.75) is 31.7 Å². The van der Waals surface area contributed by atoms with Gasteiger partial charge in [0, 0.05) is 38.4 Å². The van der Waals surface area contributed by atoms with E-state index in [2.05, 4.69) is 15.3 Å². The van der Waals surface area contributed by atoms with Crippen molar-refractivity contribution in [1.29, 1.82) is 5.26 Å². The SMILES string of the molecule is Cc1cnc(C(=O)N[C@H]2COc3cc(C#N)ccc3N(C)C2=O)nc1C1CCOCC1. The average Bonchev–Trinajstić information content (AvgIpc) is 2.91. The number of nitrogens with zero attached hydrogens (tertiary/aromatic N) is 4. The Morgan fingerprint density at radius 3 is 2.84 bits per heavy atom. The molecule has 31 heavy (non-hydrogen) atoms. The molecule has 9 nitrogen and oxygen atoms in total. The minimum absolute atomic E-state index is 0.0241. The third-order valence-electron chi connectivity index (χ3n) is 5.61. The number of carbonyl (C=O) groups is 2. The highest BCUT2D eigenvalue weighted by molar-refractivity contribution is 6.02. The zero-order valence-electron chi connectivity index (χ0n) is 17.4. The molecule has 0 saturated carbocycles. The van der Waals surface area contributed by atoms with Crippen LogP contribution >= 0.6 is 0 Å². The molecule has 0 spiro atoms. The van der Waals surface area contributed by atoms with E-state index in [4.69, 9.17) is 14.7 Å². The molecule has 0 unspecified atom stereocenters. The Balaban J connectivity index is 1.52. The van der Waals surface area contributed by atoms with E-state index in [-0.39, 0.29) is 24.3 Å². The lowest BCUT2D eigenvalue weighted by molar-refractivity contribution is -0.120. The van der Waals surface area contributed by atoms with Crippen molar-refractivity contribution in [1.82, 2.24) is 15.3 Å².